The zero-order valence-corrected chi connectivity index (χ0v) is 7.66. The Balaban J connectivity index is 3.14. The van der Waals surface area contributed by atoms with Gasteiger partial charge in [0, 0.05) is 13.0 Å². The van der Waals surface area contributed by atoms with E-state index in [-0.39, 0.29) is 11.0 Å². The Kier molecular flexibility index (Phi) is 5.93. The van der Waals surface area contributed by atoms with Gasteiger partial charge in [-0.2, -0.15) is 0 Å². The quantitative estimate of drug-likeness (QED) is 0.657. The number of thioether (sulfide) groups is 1. The van der Waals surface area contributed by atoms with Crippen molar-refractivity contribution in [2.75, 3.05) is 12.8 Å². The minimum Gasteiger partial charge on any atom is -0.347 e. The average Bonchev–Trinajstić information content (AvgIpc) is 1.97. The van der Waals surface area contributed by atoms with Crippen molar-refractivity contribution in [3.8, 4) is 0 Å². The van der Waals surface area contributed by atoms with Crippen molar-refractivity contribution in [1.82, 2.24) is 5.32 Å². The molecule has 3 nitrogen and oxygen atoms in total. The smallest absolute Gasteiger partial charge is 0.278 e. The Bertz CT molecular complexity index is 147. The van der Waals surface area contributed by atoms with Gasteiger partial charge in [0.1, 0.15) is 5.78 Å². The molecule has 0 radical (unpaired) electrons. The Morgan fingerprint density at radius 2 is 2.09 bits per heavy atom. The fourth-order valence-corrected chi connectivity index (χ4v) is 0.846. The van der Waals surface area contributed by atoms with Crippen LogP contribution in [0.25, 0.3) is 0 Å². The van der Waals surface area contributed by atoms with Gasteiger partial charge in [0.05, 0.1) is 0 Å². The second kappa shape index (κ2) is 6.22. The first-order chi connectivity index (χ1) is 5.16. The van der Waals surface area contributed by atoms with Crippen molar-refractivity contribution in [3.63, 3.8) is 0 Å². The van der Waals surface area contributed by atoms with Gasteiger partial charge in [0.15, 0.2) is 0 Å². The summed E-state index contributed by atoms with van der Waals surface area (Å²) in [6.07, 6.45) is 3.01. The van der Waals surface area contributed by atoms with Crippen LogP contribution in [0.4, 0.5) is 4.79 Å². The molecule has 0 atom stereocenters. The van der Waals surface area contributed by atoms with Crippen LogP contribution in [0.2, 0.25) is 0 Å². The largest absolute Gasteiger partial charge is 0.347 e. The molecule has 0 fully saturated rings. The third kappa shape index (κ3) is 7.39. The first-order valence-electron chi connectivity index (χ1n) is 3.48. The molecule has 0 aliphatic heterocycles. The lowest BCUT2D eigenvalue weighted by atomic mass is 10.2. The summed E-state index contributed by atoms with van der Waals surface area (Å²) in [5.41, 5.74) is 0. The molecular weight excluding hydrogens is 162 g/mol. The first kappa shape index (κ1) is 10.5. The lowest BCUT2D eigenvalue weighted by Crippen LogP contribution is -2.19. The Labute approximate surface area is 70.9 Å². The predicted octanol–water partition coefficient (Wildman–Crippen LogP) is 1.43. The maximum Gasteiger partial charge on any atom is 0.278 e. The van der Waals surface area contributed by atoms with E-state index in [1.165, 1.54) is 0 Å². The highest BCUT2D eigenvalue weighted by Crippen LogP contribution is 1.93. The van der Waals surface area contributed by atoms with Crippen LogP contribution in [0.5, 0.6) is 0 Å². The average molecular weight is 175 g/mol. The summed E-state index contributed by atoms with van der Waals surface area (Å²) >= 11 is 1.15. The molecule has 0 aromatic rings. The second-order valence-electron chi connectivity index (χ2n) is 2.22. The molecule has 1 amide bonds. The predicted molar refractivity (Wildman–Crippen MR) is 46.8 cm³/mol. The molecule has 0 rings (SSSR count). The molecule has 0 unspecified atom stereocenters. The molecule has 4 heteroatoms. The molecule has 0 saturated heterocycles. The lowest BCUT2D eigenvalue weighted by Gasteiger charge is -1.99. The fraction of sp³-hybridized carbons (Fsp3) is 0.714. The van der Waals surface area contributed by atoms with Crippen LogP contribution in [-0.4, -0.2) is 23.8 Å². The summed E-state index contributed by atoms with van der Waals surface area (Å²) in [6.45, 7) is 2.15. The van der Waals surface area contributed by atoms with Gasteiger partial charge in [-0.3, -0.25) is 4.79 Å². The SMILES string of the molecule is CSC(=O)NCCCC(C)=O. The zero-order chi connectivity index (χ0) is 8.69. The third-order valence-electron chi connectivity index (χ3n) is 1.16. The molecule has 0 aliphatic rings. The summed E-state index contributed by atoms with van der Waals surface area (Å²) in [6, 6.07) is 0. The van der Waals surface area contributed by atoms with Crippen molar-refractivity contribution in [2.24, 2.45) is 0 Å². The maximum absolute atomic E-state index is 10.6. The Hall–Kier alpha value is -0.510. The van der Waals surface area contributed by atoms with E-state index in [0.29, 0.717) is 13.0 Å². The van der Waals surface area contributed by atoms with E-state index < -0.39 is 0 Å². The molecule has 0 aromatic carbocycles. The number of carbonyl (C=O) groups excluding carboxylic acids is 2. The summed E-state index contributed by atoms with van der Waals surface area (Å²) in [5, 5.41) is 2.63. The summed E-state index contributed by atoms with van der Waals surface area (Å²) in [5.74, 6) is 0.170. The summed E-state index contributed by atoms with van der Waals surface area (Å²) in [4.78, 5) is 21.1. The van der Waals surface area contributed by atoms with E-state index >= 15 is 0 Å². The number of ketones is 1. The Morgan fingerprint density at radius 1 is 1.45 bits per heavy atom. The number of hydrogen-bond acceptors (Lipinski definition) is 3. The van der Waals surface area contributed by atoms with E-state index in [0.717, 1.165) is 18.2 Å². The van der Waals surface area contributed by atoms with Crippen LogP contribution in [0.15, 0.2) is 0 Å². The molecule has 0 heterocycles. The first-order valence-corrected chi connectivity index (χ1v) is 4.70. The minimum atomic E-state index is -0.0337. The van der Waals surface area contributed by atoms with Crippen LogP contribution in [0.3, 0.4) is 0 Å². The second-order valence-corrected chi connectivity index (χ2v) is 3.00. The molecular formula is C7H13NO2S. The standard InChI is InChI=1S/C7H13NO2S/c1-6(9)4-3-5-8-7(10)11-2/h3-5H2,1-2H3,(H,8,10). The maximum atomic E-state index is 10.6. The van der Waals surface area contributed by atoms with E-state index in [2.05, 4.69) is 5.32 Å². The molecule has 0 saturated carbocycles. The monoisotopic (exact) mass is 175 g/mol. The lowest BCUT2D eigenvalue weighted by molar-refractivity contribution is -0.117. The normalized spacial score (nSPS) is 9.27. The highest BCUT2D eigenvalue weighted by Gasteiger charge is 1.96. The number of amides is 1. The van der Waals surface area contributed by atoms with Crippen molar-refractivity contribution in [1.29, 1.82) is 0 Å². The van der Waals surface area contributed by atoms with Crippen LogP contribution < -0.4 is 5.32 Å². The topological polar surface area (TPSA) is 46.2 Å². The fourth-order valence-electron chi connectivity index (χ4n) is 0.600. The summed E-state index contributed by atoms with van der Waals surface area (Å²) in [7, 11) is 0. The van der Waals surface area contributed by atoms with Crippen LogP contribution in [-0.2, 0) is 4.79 Å². The van der Waals surface area contributed by atoms with E-state index in [1.807, 2.05) is 0 Å². The van der Waals surface area contributed by atoms with Gasteiger partial charge in [-0.15, -0.1) is 0 Å². The Morgan fingerprint density at radius 3 is 2.55 bits per heavy atom. The third-order valence-corrected chi connectivity index (χ3v) is 1.68. The molecule has 0 aromatic heterocycles. The van der Waals surface area contributed by atoms with Crippen LogP contribution in [0.1, 0.15) is 19.8 Å². The number of carbonyl (C=O) groups is 2. The van der Waals surface area contributed by atoms with Gasteiger partial charge in [-0.05, 0) is 19.6 Å². The van der Waals surface area contributed by atoms with Gasteiger partial charge >= 0.3 is 0 Å². The number of hydrogen-bond donors (Lipinski definition) is 1. The van der Waals surface area contributed by atoms with E-state index in [1.54, 1.807) is 13.2 Å². The van der Waals surface area contributed by atoms with E-state index in [4.69, 9.17) is 0 Å². The van der Waals surface area contributed by atoms with Gasteiger partial charge < -0.3 is 10.1 Å². The van der Waals surface area contributed by atoms with Gasteiger partial charge in [0.2, 0.25) is 0 Å². The molecule has 0 spiro atoms. The van der Waals surface area contributed by atoms with Crippen molar-refractivity contribution < 1.29 is 9.59 Å². The van der Waals surface area contributed by atoms with Crippen LogP contribution >= 0.6 is 11.8 Å². The number of Topliss-reactive ketones (excluding diaryl/α,β-unsaturated/α-hetero) is 1. The van der Waals surface area contributed by atoms with Crippen molar-refractivity contribution in [2.45, 2.75) is 19.8 Å². The van der Waals surface area contributed by atoms with E-state index in [9.17, 15) is 9.59 Å². The van der Waals surface area contributed by atoms with Gasteiger partial charge in [-0.1, -0.05) is 11.8 Å². The summed E-state index contributed by atoms with van der Waals surface area (Å²) < 4.78 is 0. The molecule has 11 heavy (non-hydrogen) atoms. The van der Waals surface area contributed by atoms with Gasteiger partial charge in [0.25, 0.3) is 5.24 Å². The van der Waals surface area contributed by atoms with Crippen molar-refractivity contribution >= 4 is 22.8 Å². The van der Waals surface area contributed by atoms with Crippen LogP contribution in [0, 0.1) is 0 Å². The van der Waals surface area contributed by atoms with Gasteiger partial charge in [-0.25, -0.2) is 0 Å². The highest BCUT2D eigenvalue weighted by atomic mass is 32.2. The molecule has 0 bridgehead atoms. The molecule has 0 aliphatic carbocycles. The highest BCUT2D eigenvalue weighted by molar-refractivity contribution is 8.12. The molecule has 1 N–H and O–H groups in total. The molecule has 64 valence electrons. The van der Waals surface area contributed by atoms with Crippen molar-refractivity contribution in [3.05, 3.63) is 0 Å². The zero-order valence-electron chi connectivity index (χ0n) is 6.85. The number of rotatable bonds is 4. The number of nitrogens with one attached hydrogen (secondary N) is 1. The minimum absolute atomic E-state index is 0.0337.